The smallest absolute Gasteiger partial charge is 0.272 e. The Kier molecular flexibility index (Phi) is 7.79. The molecule has 1 fully saturated rings. The third kappa shape index (κ3) is 6.20. The number of carbonyl (C=O) groups is 2. The van der Waals surface area contributed by atoms with Crippen LogP contribution < -0.4 is 10.2 Å². The Morgan fingerprint density at radius 3 is 2.51 bits per heavy atom. The minimum Gasteiger partial charge on any atom is -0.392 e. The second kappa shape index (κ2) is 11.4. The van der Waals surface area contributed by atoms with E-state index in [1.165, 1.54) is 17.0 Å². The average molecular weight is 533 g/mol. The van der Waals surface area contributed by atoms with Gasteiger partial charge in [0.2, 0.25) is 12.1 Å². The number of nitrogens with zero attached hydrogens (tertiary/aromatic N) is 3. The third-order valence-corrected chi connectivity index (χ3v) is 7.27. The lowest BCUT2D eigenvalue weighted by Crippen LogP contribution is -2.49. The number of benzodiazepines with no additional fused rings is 1. The van der Waals surface area contributed by atoms with Gasteiger partial charge in [-0.15, -0.1) is 0 Å². The number of hydrogen-bond acceptors (Lipinski definition) is 5. The minimum absolute atomic E-state index is 0.139. The lowest BCUT2D eigenvalue weighted by atomic mass is 9.90. The van der Waals surface area contributed by atoms with E-state index >= 15 is 0 Å². The van der Waals surface area contributed by atoms with Crippen LogP contribution in [0.4, 0.5) is 14.5 Å². The number of aliphatic imine (C=N–C) groups is 1. The molecular formula is C30H30F2N4O3. The number of para-hydroxylation sites is 1. The zero-order valence-corrected chi connectivity index (χ0v) is 21.6. The van der Waals surface area contributed by atoms with Gasteiger partial charge in [0, 0.05) is 24.9 Å². The van der Waals surface area contributed by atoms with Crippen molar-refractivity contribution in [2.24, 2.45) is 16.8 Å². The van der Waals surface area contributed by atoms with Crippen molar-refractivity contribution >= 4 is 23.2 Å². The summed E-state index contributed by atoms with van der Waals surface area (Å²) in [6, 6.07) is 16.0. The SMILES string of the molecule is CN1C(=O)C(NC(=O)C(CC2CC2)C(O)CCc2cc(F)cc(F)c2)N=C(c2ccccn2)c2ccccc21. The summed E-state index contributed by atoms with van der Waals surface area (Å²) in [6.07, 6.45) is 2.08. The molecule has 1 aromatic heterocycles. The Hall–Kier alpha value is -3.98. The molecule has 0 radical (unpaired) electrons. The molecule has 3 unspecified atom stereocenters. The van der Waals surface area contributed by atoms with Crippen molar-refractivity contribution in [3.8, 4) is 0 Å². The van der Waals surface area contributed by atoms with Gasteiger partial charge < -0.3 is 15.3 Å². The molecule has 2 aliphatic rings. The Morgan fingerprint density at radius 2 is 1.82 bits per heavy atom. The second-order valence-electron chi connectivity index (χ2n) is 10.2. The average Bonchev–Trinajstić information content (AvgIpc) is 3.76. The van der Waals surface area contributed by atoms with E-state index in [1.807, 2.05) is 30.3 Å². The van der Waals surface area contributed by atoms with Gasteiger partial charge in [-0.05, 0) is 61.1 Å². The second-order valence-corrected chi connectivity index (χ2v) is 10.2. The fourth-order valence-corrected chi connectivity index (χ4v) is 4.99. The fourth-order valence-electron chi connectivity index (χ4n) is 4.99. The maximum atomic E-state index is 13.6. The van der Waals surface area contributed by atoms with Crippen LogP contribution in [0.3, 0.4) is 0 Å². The van der Waals surface area contributed by atoms with Crippen LogP contribution in [-0.4, -0.2) is 46.9 Å². The first-order chi connectivity index (χ1) is 18.8. The van der Waals surface area contributed by atoms with Gasteiger partial charge in [0.25, 0.3) is 5.91 Å². The number of likely N-dealkylation sites (N-methyl/N-ethyl adjacent to an activating group) is 1. The number of aromatic nitrogens is 1. The van der Waals surface area contributed by atoms with Crippen molar-refractivity contribution in [2.75, 3.05) is 11.9 Å². The number of hydrogen-bond donors (Lipinski definition) is 2. The normalized spacial score (nSPS) is 18.6. The van der Waals surface area contributed by atoms with E-state index in [4.69, 9.17) is 0 Å². The number of aliphatic hydroxyl groups is 1. The van der Waals surface area contributed by atoms with Crippen molar-refractivity contribution in [1.82, 2.24) is 10.3 Å². The molecule has 3 atom stereocenters. The highest BCUT2D eigenvalue weighted by molar-refractivity contribution is 6.19. The molecule has 5 rings (SSSR count). The predicted octanol–water partition coefficient (Wildman–Crippen LogP) is 4.03. The Bertz CT molecular complexity index is 1370. The Balaban J connectivity index is 1.39. The largest absolute Gasteiger partial charge is 0.392 e. The molecule has 2 heterocycles. The first-order valence-electron chi connectivity index (χ1n) is 13.1. The zero-order valence-electron chi connectivity index (χ0n) is 21.6. The van der Waals surface area contributed by atoms with E-state index in [9.17, 15) is 23.5 Å². The van der Waals surface area contributed by atoms with Crippen molar-refractivity contribution in [3.63, 3.8) is 0 Å². The van der Waals surface area contributed by atoms with Crippen molar-refractivity contribution in [3.05, 3.63) is 95.3 Å². The van der Waals surface area contributed by atoms with Gasteiger partial charge >= 0.3 is 0 Å². The van der Waals surface area contributed by atoms with Crippen LogP contribution in [0.25, 0.3) is 0 Å². The lowest BCUT2D eigenvalue weighted by Gasteiger charge is -2.25. The lowest BCUT2D eigenvalue weighted by molar-refractivity contribution is -0.133. The number of aliphatic hydroxyl groups excluding tert-OH is 1. The summed E-state index contributed by atoms with van der Waals surface area (Å²) in [7, 11) is 1.63. The molecule has 0 saturated heterocycles. The van der Waals surface area contributed by atoms with Crippen LogP contribution >= 0.6 is 0 Å². The summed E-state index contributed by atoms with van der Waals surface area (Å²) in [5, 5.41) is 13.8. The van der Waals surface area contributed by atoms with Gasteiger partial charge in [-0.1, -0.05) is 37.1 Å². The molecule has 0 bridgehead atoms. The molecule has 1 saturated carbocycles. The topological polar surface area (TPSA) is 94.9 Å². The number of carbonyl (C=O) groups excluding carboxylic acids is 2. The number of nitrogens with one attached hydrogen (secondary N) is 1. The summed E-state index contributed by atoms with van der Waals surface area (Å²) in [4.78, 5) is 37.6. The summed E-state index contributed by atoms with van der Waals surface area (Å²) in [5.74, 6) is -2.77. The summed E-state index contributed by atoms with van der Waals surface area (Å²) in [6.45, 7) is 0. The van der Waals surface area contributed by atoms with Crippen LogP contribution in [0, 0.1) is 23.5 Å². The molecule has 9 heteroatoms. The highest BCUT2D eigenvalue weighted by atomic mass is 19.1. The number of aryl methyl sites for hydroxylation is 1. The molecule has 3 aromatic rings. The van der Waals surface area contributed by atoms with Crippen LogP contribution in [0.5, 0.6) is 0 Å². The van der Waals surface area contributed by atoms with E-state index in [0.29, 0.717) is 40.6 Å². The number of halogens is 2. The van der Waals surface area contributed by atoms with Gasteiger partial charge in [0.05, 0.1) is 29.1 Å². The molecule has 39 heavy (non-hydrogen) atoms. The highest BCUT2D eigenvalue weighted by Gasteiger charge is 2.37. The van der Waals surface area contributed by atoms with Crippen molar-refractivity contribution in [2.45, 2.75) is 44.4 Å². The van der Waals surface area contributed by atoms with E-state index in [0.717, 1.165) is 18.9 Å². The zero-order chi connectivity index (χ0) is 27.5. The molecular weight excluding hydrogens is 502 g/mol. The summed E-state index contributed by atoms with van der Waals surface area (Å²) >= 11 is 0. The Labute approximate surface area is 225 Å². The van der Waals surface area contributed by atoms with Gasteiger partial charge in [-0.3, -0.25) is 14.6 Å². The summed E-state index contributed by atoms with van der Waals surface area (Å²) in [5.41, 5.74) is 2.78. The number of anilines is 1. The van der Waals surface area contributed by atoms with Crippen LogP contribution in [-0.2, 0) is 16.0 Å². The van der Waals surface area contributed by atoms with Gasteiger partial charge in [0.15, 0.2) is 0 Å². The minimum atomic E-state index is -1.22. The number of amides is 2. The van der Waals surface area contributed by atoms with E-state index in [-0.39, 0.29) is 12.8 Å². The molecule has 7 nitrogen and oxygen atoms in total. The van der Waals surface area contributed by atoms with E-state index in [2.05, 4.69) is 15.3 Å². The number of benzene rings is 2. The monoisotopic (exact) mass is 532 g/mol. The highest BCUT2D eigenvalue weighted by Crippen LogP contribution is 2.37. The summed E-state index contributed by atoms with van der Waals surface area (Å²) < 4.78 is 27.2. The Morgan fingerprint density at radius 1 is 1.10 bits per heavy atom. The molecule has 2 aromatic carbocycles. The molecule has 2 N–H and O–H groups in total. The number of fused-ring (bicyclic) bond motifs is 1. The molecule has 202 valence electrons. The van der Waals surface area contributed by atoms with Crippen LogP contribution in [0.1, 0.15) is 42.5 Å². The number of rotatable bonds is 9. The molecule has 2 amide bonds. The maximum absolute atomic E-state index is 13.6. The predicted molar refractivity (Wildman–Crippen MR) is 143 cm³/mol. The van der Waals surface area contributed by atoms with Gasteiger partial charge in [0.1, 0.15) is 11.6 Å². The van der Waals surface area contributed by atoms with E-state index in [1.54, 1.807) is 25.4 Å². The standard InChI is InChI=1S/C30H30F2N4O3/c1-36-25-8-3-2-6-22(25)27(24-7-4-5-13-33-24)34-28(30(36)39)35-29(38)23(16-18-9-10-18)26(37)12-11-19-14-20(31)17-21(32)15-19/h2-8,13-15,17-18,23,26,28,37H,9-12,16H2,1H3,(H,35,38). The van der Waals surface area contributed by atoms with Gasteiger partial charge in [-0.2, -0.15) is 0 Å². The molecule has 0 spiro atoms. The first kappa shape index (κ1) is 26.6. The molecule has 1 aliphatic carbocycles. The first-order valence-corrected chi connectivity index (χ1v) is 13.1. The van der Waals surface area contributed by atoms with Crippen LogP contribution in [0.15, 0.2) is 71.9 Å². The van der Waals surface area contributed by atoms with Gasteiger partial charge in [-0.25, -0.2) is 13.8 Å². The third-order valence-electron chi connectivity index (χ3n) is 7.27. The van der Waals surface area contributed by atoms with Crippen LogP contribution in [0.2, 0.25) is 0 Å². The van der Waals surface area contributed by atoms with E-state index < -0.39 is 41.6 Å². The van der Waals surface area contributed by atoms with Crippen molar-refractivity contribution in [1.29, 1.82) is 0 Å². The quantitative estimate of drug-likeness (QED) is 0.435. The van der Waals surface area contributed by atoms with Crippen molar-refractivity contribution < 1.29 is 23.5 Å². The molecule has 1 aliphatic heterocycles. The fraction of sp³-hybridized carbons (Fsp3) is 0.333. The number of pyridine rings is 1. The maximum Gasteiger partial charge on any atom is 0.272 e.